The van der Waals surface area contributed by atoms with Gasteiger partial charge >= 0.3 is 0 Å². The number of thiophene rings is 1. The molecule has 2 N–H and O–H groups in total. The molecular weight excluding hydrogens is 348 g/mol. The van der Waals surface area contributed by atoms with Gasteiger partial charge in [-0.3, -0.25) is 0 Å². The lowest BCUT2D eigenvalue weighted by Gasteiger charge is -1.92. The normalized spacial score (nSPS) is 11.2. The van der Waals surface area contributed by atoms with Crippen LogP contribution in [-0.2, 0) is 5.75 Å². The molecular formula is C12H9BrN2S3. The lowest BCUT2D eigenvalue weighted by molar-refractivity contribution is 1.30. The number of benzene rings is 1. The highest BCUT2D eigenvalue weighted by Gasteiger charge is 2.06. The van der Waals surface area contributed by atoms with Crippen LogP contribution in [0.15, 0.2) is 38.5 Å². The van der Waals surface area contributed by atoms with Gasteiger partial charge < -0.3 is 5.73 Å². The van der Waals surface area contributed by atoms with Crippen LogP contribution < -0.4 is 5.73 Å². The quantitative estimate of drug-likeness (QED) is 0.530. The van der Waals surface area contributed by atoms with Crippen molar-refractivity contribution in [1.29, 1.82) is 0 Å². The highest BCUT2D eigenvalue weighted by Crippen LogP contribution is 2.34. The van der Waals surface area contributed by atoms with Crippen LogP contribution >= 0.6 is 50.4 Å². The summed E-state index contributed by atoms with van der Waals surface area (Å²) in [6, 6.07) is 10.1. The van der Waals surface area contributed by atoms with Gasteiger partial charge in [0, 0.05) is 16.3 Å². The number of thioether (sulfide) groups is 1. The number of fused-ring (bicyclic) bond motifs is 1. The molecule has 0 saturated carbocycles. The zero-order valence-corrected chi connectivity index (χ0v) is 13.3. The molecule has 0 aliphatic carbocycles. The van der Waals surface area contributed by atoms with E-state index in [2.05, 4.69) is 33.0 Å². The lowest BCUT2D eigenvalue weighted by Crippen LogP contribution is -1.81. The van der Waals surface area contributed by atoms with Crippen molar-refractivity contribution in [2.45, 2.75) is 10.1 Å². The summed E-state index contributed by atoms with van der Waals surface area (Å²) < 4.78 is 3.43. The van der Waals surface area contributed by atoms with E-state index in [-0.39, 0.29) is 0 Å². The number of nitrogens with two attached hydrogens (primary N) is 1. The summed E-state index contributed by atoms with van der Waals surface area (Å²) in [5.74, 6) is 0.964. The van der Waals surface area contributed by atoms with Crippen molar-refractivity contribution in [2.75, 3.05) is 5.73 Å². The molecule has 0 saturated heterocycles. The Bertz CT molecular complexity index is 690. The summed E-state index contributed by atoms with van der Waals surface area (Å²) in [5.41, 5.74) is 7.60. The molecule has 2 heterocycles. The number of rotatable bonds is 3. The van der Waals surface area contributed by atoms with E-state index in [1.54, 1.807) is 34.4 Å². The highest BCUT2D eigenvalue weighted by atomic mass is 79.9. The Morgan fingerprint density at radius 1 is 1.22 bits per heavy atom. The van der Waals surface area contributed by atoms with E-state index in [9.17, 15) is 0 Å². The Balaban J connectivity index is 1.78. The van der Waals surface area contributed by atoms with Crippen LogP contribution in [0.3, 0.4) is 0 Å². The van der Waals surface area contributed by atoms with E-state index < -0.39 is 0 Å². The number of hydrogen-bond donors (Lipinski definition) is 1. The third-order valence-electron chi connectivity index (χ3n) is 2.36. The van der Waals surface area contributed by atoms with Gasteiger partial charge in [-0.1, -0.05) is 11.8 Å². The van der Waals surface area contributed by atoms with Gasteiger partial charge in [-0.25, -0.2) is 4.98 Å². The second kappa shape index (κ2) is 5.21. The van der Waals surface area contributed by atoms with Crippen molar-refractivity contribution in [3.05, 3.63) is 39.0 Å². The van der Waals surface area contributed by atoms with Crippen molar-refractivity contribution >= 4 is 66.3 Å². The molecule has 0 unspecified atom stereocenters. The van der Waals surface area contributed by atoms with Crippen LogP contribution in [0.2, 0.25) is 0 Å². The van der Waals surface area contributed by atoms with Gasteiger partial charge in [0.25, 0.3) is 0 Å². The third-order valence-corrected chi connectivity index (χ3v) is 6.38. The summed E-state index contributed by atoms with van der Waals surface area (Å²) in [6.07, 6.45) is 0. The van der Waals surface area contributed by atoms with Crippen molar-refractivity contribution in [2.24, 2.45) is 0 Å². The van der Waals surface area contributed by atoms with E-state index >= 15 is 0 Å². The number of thiazole rings is 1. The monoisotopic (exact) mass is 356 g/mol. The minimum absolute atomic E-state index is 0.796. The fourth-order valence-electron chi connectivity index (χ4n) is 1.54. The average molecular weight is 357 g/mol. The molecule has 0 atom stereocenters. The van der Waals surface area contributed by atoms with E-state index in [1.165, 1.54) is 8.66 Å². The molecule has 1 aromatic carbocycles. The Labute approximate surface area is 125 Å². The third kappa shape index (κ3) is 2.71. The minimum Gasteiger partial charge on any atom is -0.399 e. The first-order valence-corrected chi connectivity index (χ1v) is 8.65. The fourth-order valence-corrected chi connectivity index (χ4v) is 5.19. The molecule has 6 heteroatoms. The molecule has 3 rings (SSSR count). The first-order chi connectivity index (χ1) is 8.70. The highest BCUT2D eigenvalue weighted by molar-refractivity contribution is 9.11. The van der Waals surface area contributed by atoms with Crippen molar-refractivity contribution < 1.29 is 0 Å². The van der Waals surface area contributed by atoms with Gasteiger partial charge in [0.15, 0.2) is 4.34 Å². The van der Waals surface area contributed by atoms with Crippen molar-refractivity contribution in [3.8, 4) is 0 Å². The lowest BCUT2D eigenvalue weighted by atomic mass is 10.3. The van der Waals surface area contributed by atoms with Crippen molar-refractivity contribution in [1.82, 2.24) is 4.98 Å². The van der Waals surface area contributed by atoms with Gasteiger partial charge in [0.1, 0.15) is 0 Å². The maximum atomic E-state index is 5.77. The summed E-state index contributed by atoms with van der Waals surface area (Å²) in [6.45, 7) is 0. The van der Waals surface area contributed by atoms with Crippen molar-refractivity contribution in [3.63, 3.8) is 0 Å². The number of nitrogens with zero attached hydrogens (tertiary/aromatic N) is 1. The Hall–Kier alpha value is -0.560. The molecule has 0 radical (unpaired) electrons. The van der Waals surface area contributed by atoms with E-state index in [0.717, 1.165) is 26.0 Å². The van der Waals surface area contributed by atoms with Gasteiger partial charge in [-0.05, 0) is 46.3 Å². The minimum atomic E-state index is 0.796. The van der Waals surface area contributed by atoms with Crippen LogP contribution in [0.1, 0.15) is 4.88 Å². The number of anilines is 1. The van der Waals surface area contributed by atoms with Gasteiger partial charge in [0.05, 0.1) is 14.0 Å². The molecule has 18 heavy (non-hydrogen) atoms. The molecule has 92 valence electrons. The predicted octanol–water partition coefficient (Wildman–Crippen LogP) is 4.99. The molecule has 0 aliphatic rings. The fraction of sp³-hybridized carbons (Fsp3) is 0.0833. The predicted molar refractivity (Wildman–Crippen MR) is 85.6 cm³/mol. The van der Waals surface area contributed by atoms with Gasteiger partial charge in [-0.2, -0.15) is 0 Å². The molecule has 0 aliphatic heterocycles. The Morgan fingerprint density at radius 3 is 2.89 bits per heavy atom. The molecule has 0 fully saturated rings. The number of aromatic nitrogens is 1. The Morgan fingerprint density at radius 2 is 2.11 bits per heavy atom. The zero-order valence-electron chi connectivity index (χ0n) is 9.22. The van der Waals surface area contributed by atoms with Crippen LogP contribution in [0, 0.1) is 0 Å². The summed E-state index contributed by atoms with van der Waals surface area (Å²) in [7, 11) is 0. The van der Waals surface area contributed by atoms with Crippen LogP contribution in [-0.4, -0.2) is 4.98 Å². The van der Waals surface area contributed by atoms with E-state index in [1.807, 2.05) is 18.2 Å². The maximum absolute atomic E-state index is 5.77. The van der Waals surface area contributed by atoms with Crippen LogP contribution in [0.5, 0.6) is 0 Å². The first kappa shape index (κ1) is 12.5. The molecule has 2 nitrogen and oxygen atoms in total. The van der Waals surface area contributed by atoms with Crippen LogP contribution in [0.25, 0.3) is 10.2 Å². The number of nitrogen functional groups attached to an aromatic ring is 1. The largest absolute Gasteiger partial charge is 0.399 e. The molecule has 2 aromatic heterocycles. The maximum Gasteiger partial charge on any atom is 0.151 e. The summed E-state index contributed by atoms with van der Waals surface area (Å²) >= 11 is 8.72. The number of hydrogen-bond acceptors (Lipinski definition) is 5. The molecule has 0 amide bonds. The topological polar surface area (TPSA) is 38.9 Å². The smallest absolute Gasteiger partial charge is 0.151 e. The molecule has 3 aromatic rings. The van der Waals surface area contributed by atoms with Gasteiger partial charge in [-0.15, -0.1) is 22.7 Å². The van der Waals surface area contributed by atoms with Crippen LogP contribution in [0.4, 0.5) is 5.69 Å². The summed E-state index contributed by atoms with van der Waals surface area (Å²) in [4.78, 5) is 5.95. The SMILES string of the molecule is Nc1ccc2nc(SCc3ccc(Br)s3)sc2c1. The van der Waals surface area contributed by atoms with E-state index in [0.29, 0.717) is 0 Å². The van der Waals surface area contributed by atoms with Gasteiger partial charge in [0.2, 0.25) is 0 Å². The molecule has 0 spiro atoms. The standard InChI is InChI=1S/C12H9BrN2S3/c13-11-4-2-8(17-11)6-16-12-15-9-3-1-7(14)5-10(9)18-12/h1-5H,6,14H2. The average Bonchev–Trinajstić information content (AvgIpc) is 2.92. The first-order valence-electron chi connectivity index (χ1n) is 5.24. The zero-order chi connectivity index (χ0) is 12.5. The number of halogens is 1. The summed E-state index contributed by atoms with van der Waals surface area (Å²) in [5, 5.41) is 0. The van der Waals surface area contributed by atoms with E-state index in [4.69, 9.17) is 5.73 Å². The second-order valence-corrected chi connectivity index (χ2v) is 8.50. The molecule has 0 bridgehead atoms. The second-order valence-electron chi connectivity index (χ2n) is 3.70. The Kier molecular flexibility index (Phi) is 3.61.